The summed E-state index contributed by atoms with van der Waals surface area (Å²) >= 11 is 7.24. The fourth-order valence-corrected chi connectivity index (χ4v) is 6.71. The van der Waals surface area contributed by atoms with Gasteiger partial charge in [0.1, 0.15) is 11.5 Å². The number of alkyl halides is 3. The van der Waals surface area contributed by atoms with E-state index in [9.17, 15) is 22.8 Å². The molecule has 2 fully saturated rings. The Morgan fingerprint density at radius 2 is 1.86 bits per heavy atom. The van der Waals surface area contributed by atoms with Gasteiger partial charge in [0.25, 0.3) is 5.91 Å². The minimum absolute atomic E-state index is 0.0583. The number of fused-ring (bicyclic) bond motifs is 1. The summed E-state index contributed by atoms with van der Waals surface area (Å²) in [6.45, 7) is 0.689. The van der Waals surface area contributed by atoms with Gasteiger partial charge in [-0.2, -0.15) is 13.2 Å². The lowest BCUT2D eigenvalue weighted by Crippen LogP contribution is -2.28. The van der Waals surface area contributed by atoms with E-state index in [0.717, 1.165) is 66.3 Å². The molecule has 2 aromatic heterocycles. The zero-order chi connectivity index (χ0) is 25.4. The fraction of sp³-hybridized carbons (Fsp3) is 0.556. The number of nitrogens with one attached hydrogen (secondary N) is 1. The second-order valence-electron chi connectivity index (χ2n) is 10.5. The Kier molecular flexibility index (Phi) is 7.32. The summed E-state index contributed by atoms with van der Waals surface area (Å²) in [5.74, 6) is 1.19. The lowest BCUT2D eigenvalue weighted by molar-refractivity contribution is -0.141. The van der Waals surface area contributed by atoms with E-state index in [1.807, 2.05) is 0 Å². The molecular weight excluding hydrogens is 505 g/mol. The van der Waals surface area contributed by atoms with Crippen LogP contribution in [-0.2, 0) is 36.7 Å². The van der Waals surface area contributed by atoms with Crippen LogP contribution in [0.25, 0.3) is 0 Å². The molecule has 0 radical (unpaired) electrons. The van der Waals surface area contributed by atoms with Crippen LogP contribution in [0, 0.1) is 17.8 Å². The molecule has 1 N–H and O–H groups in total. The molecule has 0 saturated heterocycles. The highest BCUT2D eigenvalue weighted by molar-refractivity contribution is 7.80. The number of pyridine rings is 1. The third-order valence-electron chi connectivity index (χ3n) is 7.31. The fourth-order valence-electron chi connectivity index (χ4n) is 4.95. The van der Waals surface area contributed by atoms with E-state index >= 15 is 0 Å². The lowest BCUT2D eigenvalue weighted by Gasteiger charge is -2.23. The van der Waals surface area contributed by atoms with E-state index in [-0.39, 0.29) is 23.5 Å². The number of carbonyl (C=O) groups is 2. The molecule has 36 heavy (non-hydrogen) atoms. The molecule has 0 aliphatic heterocycles. The first-order valence-corrected chi connectivity index (χ1v) is 13.9. The summed E-state index contributed by atoms with van der Waals surface area (Å²) in [5.41, 5.74) is 1.55. The Morgan fingerprint density at radius 3 is 2.50 bits per heavy atom. The molecule has 192 valence electrons. The number of thiocarbonyl (C=S) groups is 1. The number of amides is 1. The molecule has 2 saturated carbocycles. The number of Topliss-reactive ketones (excluding diaryl/α,β-unsaturated/α-hetero) is 1. The molecule has 3 aliphatic rings. The molecule has 5 rings (SSSR count). The molecule has 1 atom stereocenters. The van der Waals surface area contributed by atoms with Gasteiger partial charge in [0.2, 0.25) is 0 Å². The van der Waals surface area contributed by atoms with E-state index in [1.165, 1.54) is 17.1 Å². The van der Waals surface area contributed by atoms with Gasteiger partial charge in [0.15, 0.2) is 0 Å². The van der Waals surface area contributed by atoms with Gasteiger partial charge in [0, 0.05) is 41.3 Å². The molecular formula is C27H29F3N2O2S2. The molecule has 9 heteroatoms. The zero-order valence-corrected chi connectivity index (χ0v) is 21.6. The summed E-state index contributed by atoms with van der Waals surface area (Å²) in [6.07, 6.45) is 4.98. The summed E-state index contributed by atoms with van der Waals surface area (Å²) in [4.78, 5) is 32.3. The third kappa shape index (κ3) is 6.22. The van der Waals surface area contributed by atoms with Crippen molar-refractivity contribution in [1.29, 1.82) is 0 Å². The van der Waals surface area contributed by atoms with Crippen molar-refractivity contribution in [2.24, 2.45) is 17.8 Å². The van der Waals surface area contributed by atoms with Crippen LogP contribution in [-0.4, -0.2) is 28.1 Å². The van der Waals surface area contributed by atoms with Crippen LogP contribution in [0.2, 0.25) is 0 Å². The monoisotopic (exact) mass is 534 g/mol. The number of hydrogen-bond acceptors (Lipinski definition) is 5. The summed E-state index contributed by atoms with van der Waals surface area (Å²) in [7, 11) is 0. The molecule has 0 aromatic carbocycles. The van der Waals surface area contributed by atoms with Gasteiger partial charge < -0.3 is 5.32 Å². The van der Waals surface area contributed by atoms with E-state index in [0.29, 0.717) is 42.9 Å². The summed E-state index contributed by atoms with van der Waals surface area (Å²) in [5, 5.41) is 3.10. The molecule has 4 nitrogen and oxygen atoms in total. The zero-order valence-electron chi connectivity index (χ0n) is 20.0. The number of hydrogen-bond donors (Lipinski definition) is 1. The molecule has 0 bridgehead atoms. The number of carbonyl (C=O) groups excluding carboxylic acids is 2. The number of aromatic nitrogens is 1. The van der Waals surface area contributed by atoms with Gasteiger partial charge >= 0.3 is 6.18 Å². The number of ketones is 1. The topological polar surface area (TPSA) is 59.1 Å². The quantitative estimate of drug-likeness (QED) is 0.384. The number of nitrogens with zero attached hydrogens (tertiary/aromatic N) is 1. The van der Waals surface area contributed by atoms with Crippen LogP contribution < -0.4 is 5.32 Å². The smallest absolute Gasteiger partial charge is 0.352 e. The van der Waals surface area contributed by atoms with Crippen LogP contribution in [0.15, 0.2) is 18.3 Å². The Hall–Kier alpha value is -2.13. The first-order valence-electron chi connectivity index (χ1n) is 12.7. The molecule has 2 heterocycles. The highest BCUT2D eigenvalue weighted by Crippen LogP contribution is 2.40. The standard InChI is InChI=1S/C27H29F3N2O2S2/c28-27(29,30)24-8-4-17(14-31-24)10-19(35)9-16-3-7-22-20(11-16)25(26(34)32-13-15-1-2-15)23(36-22)12-21(33)18-5-6-18/h4,8,14-16,18H,1-3,5-7,9-13H2,(H,32,34)/t16-/m1/s1. The molecule has 2 aromatic rings. The normalized spacial score (nSPS) is 19.6. The Bertz CT molecular complexity index is 1160. The van der Waals surface area contributed by atoms with Crippen LogP contribution in [0.3, 0.4) is 0 Å². The van der Waals surface area contributed by atoms with Crippen LogP contribution in [0.1, 0.15) is 75.5 Å². The average Bonchev–Trinajstić information content (AvgIpc) is 3.74. The molecule has 0 unspecified atom stereocenters. The second-order valence-corrected chi connectivity index (χ2v) is 12.2. The Labute approximate surface area is 218 Å². The number of rotatable bonds is 10. The highest BCUT2D eigenvalue weighted by Gasteiger charge is 2.35. The van der Waals surface area contributed by atoms with E-state index in [1.54, 1.807) is 11.3 Å². The van der Waals surface area contributed by atoms with Gasteiger partial charge in [0.05, 0.1) is 5.56 Å². The van der Waals surface area contributed by atoms with Crippen molar-refractivity contribution in [2.45, 2.75) is 70.4 Å². The Balaban J connectivity index is 1.26. The minimum atomic E-state index is -4.45. The maximum absolute atomic E-state index is 13.2. The van der Waals surface area contributed by atoms with Crippen molar-refractivity contribution in [3.63, 3.8) is 0 Å². The van der Waals surface area contributed by atoms with E-state index in [4.69, 9.17) is 12.2 Å². The summed E-state index contributed by atoms with van der Waals surface area (Å²) < 4.78 is 38.3. The minimum Gasteiger partial charge on any atom is -0.352 e. The first-order chi connectivity index (χ1) is 17.2. The van der Waals surface area contributed by atoms with Gasteiger partial charge in [-0.15, -0.1) is 11.3 Å². The SMILES string of the molecule is O=C(NCC1CC1)c1c(CC(=O)C2CC2)sc2c1C[C@@H](CC(=S)Cc1ccc(C(F)(F)F)nc1)CC2. The highest BCUT2D eigenvalue weighted by atomic mass is 32.1. The molecule has 3 aliphatic carbocycles. The van der Waals surface area contributed by atoms with Crippen LogP contribution in [0.5, 0.6) is 0 Å². The van der Waals surface area contributed by atoms with Crippen molar-refractivity contribution in [2.75, 3.05) is 6.54 Å². The van der Waals surface area contributed by atoms with Crippen molar-refractivity contribution < 1.29 is 22.8 Å². The van der Waals surface area contributed by atoms with Gasteiger partial charge in [-0.1, -0.05) is 18.3 Å². The molecule has 1 amide bonds. The van der Waals surface area contributed by atoms with Crippen LogP contribution in [0.4, 0.5) is 13.2 Å². The van der Waals surface area contributed by atoms with Crippen molar-refractivity contribution >= 4 is 40.1 Å². The summed E-state index contributed by atoms with van der Waals surface area (Å²) in [6, 6.07) is 2.43. The average molecular weight is 535 g/mol. The largest absolute Gasteiger partial charge is 0.433 e. The first kappa shape index (κ1) is 25.5. The van der Waals surface area contributed by atoms with Gasteiger partial charge in [-0.05, 0) is 85.3 Å². The third-order valence-corrected chi connectivity index (χ3v) is 8.91. The van der Waals surface area contributed by atoms with E-state index in [2.05, 4.69) is 10.3 Å². The predicted molar refractivity (Wildman–Crippen MR) is 136 cm³/mol. The molecule has 0 spiro atoms. The number of halogens is 3. The number of thiophene rings is 1. The number of aryl methyl sites for hydroxylation is 1. The Morgan fingerprint density at radius 1 is 1.08 bits per heavy atom. The predicted octanol–water partition coefficient (Wildman–Crippen LogP) is 5.93. The van der Waals surface area contributed by atoms with Crippen molar-refractivity contribution in [3.8, 4) is 0 Å². The van der Waals surface area contributed by atoms with Crippen molar-refractivity contribution in [1.82, 2.24) is 10.3 Å². The van der Waals surface area contributed by atoms with Crippen LogP contribution >= 0.6 is 23.6 Å². The lowest BCUT2D eigenvalue weighted by atomic mass is 9.82. The maximum atomic E-state index is 13.2. The van der Waals surface area contributed by atoms with Gasteiger partial charge in [-0.3, -0.25) is 14.6 Å². The van der Waals surface area contributed by atoms with E-state index < -0.39 is 11.9 Å². The second kappa shape index (κ2) is 10.3. The maximum Gasteiger partial charge on any atom is 0.433 e. The van der Waals surface area contributed by atoms with Crippen molar-refractivity contribution in [3.05, 3.63) is 50.5 Å². The van der Waals surface area contributed by atoms with Gasteiger partial charge in [-0.25, -0.2) is 0 Å².